The largest absolute Gasteiger partial charge is 0.355 e. The lowest BCUT2D eigenvalue weighted by Crippen LogP contribution is -2.20. The number of pyridine rings is 1. The molecule has 0 saturated heterocycles. The Bertz CT molecular complexity index is 618. The van der Waals surface area contributed by atoms with Crippen LogP contribution >= 0.6 is 0 Å². The van der Waals surface area contributed by atoms with Gasteiger partial charge in [0.15, 0.2) is 0 Å². The Morgan fingerprint density at radius 3 is 3.00 bits per heavy atom. The van der Waals surface area contributed by atoms with Gasteiger partial charge in [-0.2, -0.15) is 0 Å². The van der Waals surface area contributed by atoms with E-state index in [1.165, 1.54) is 6.92 Å². The van der Waals surface area contributed by atoms with E-state index in [4.69, 9.17) is 0 Å². The zero-order valence-corrected chi connectivity index (χ0v) is 10.2. The van der Waals surface area contributed by atoms with Crippen molar-refractivity contribution < 1.29 is 4.79 Å². The summed E-state index contributed by atoms with van der Waals surface area (Å²) in [5.41, 5.74) is 1.85. The summed E-state index contributed by atoms with van der Waals surface area (Å²) in [5.74, 6) is 6.12. The summed E-state index contributed by atoms with van der Waals surface area (Å²) in [6.45, 7) is 2.09. The Kier molecular flexibility index (Phi) is 3.93. The molecule has 0 unspecified atom stereocenters. The number of nitrogens with one attached hydrogen (secondary N) is 1. The lowest BCUT2D eigenvalue weighted by atomic mass is 10.1. The van der Waals surface area contributed by atoms with Crippen LogP contribution in [0.1, 0.15) is 18.9 Å². The van der Waals surface area contributed by atoms with Gasteiger partial charge in [0.25, 0.3) is 0 Å². The Hall–Kier alpha value is -2.34. The maximum atomic E-state index is 10.7. The first-order valence-corrected chi connectivity index (χ1v) is 5.84. The van der Waals surface area contributed by atoms with Gasteiger partial charge in [-0.15, -0.1) is 0 Å². The van der Waals surface area contributed by atoms with E-state index in [0.29, 0.717) is 13.0 Å². The fourth-order valence-corrected chi connectivity index (χ4v) is 1.66. The summed E-state index contributed by atoms with van der Waals surface area (Å²) in [6.07, 6.45) is 2.41. The van der Waals surface area contributed by atoms with Crippen molar-refractivity contribution in [3.8, 4) is 11.8 Å². The summed E-state index contributed by atoms with van der Waals surface area (Å²) in [4.78, 5) is 15.0. The SMILES string of the molecule is CC(=O)NCCC#Cc1cccc2cccnc12. The van der Waals surface area contributed by atoms with Gasteiger partial charge in [0, 0.05) is 31.5 Å². The van der Waals surface area contributed by atoms with Crippen molar-refractivity contribution in [3.63, 3.8) is 0 Å². The summed E-state index contributed by atoms with van der Waals surface area (Å²) in [7, 11) is 0. The Labute approximate surface area is 106 Å². The highest BCUT2D eigenvalue weighted by Gasteiger charge is 1.97. The molecule has 0 saturated carbocycles. The minimum atomic E-state index is -0.0244. The summed E-state index contributed by atoms with van der Waals surface area (Å²) < 4.78 is 0. The first kappa shape index (κ1) is 12.1. The van der Waals surface area contributed by atoms with Crippen molar-refractivity contribution in [2.75, 3.05) is 6.54 Å². The van der Waals surface area contributed by atoms with Gasteiger partial charge in [0.1, 0.15) is 0 Å². The van der Waals surface area contributed by atoms with Gasteiger partial charge < -0.3 is 5.32 Å². The Morgan fingerprint density at radius 1 is 1.33 bits per heavy atom. The first-order valence-electron chi connectivity index (χ1n) is 5.84. The smallest absolute Gasteiger partial charge is 0.216 e. The Morgan fingerprint density at radius 2 is 2.17 bits per heavy atom. The normalized spacial score (nSPS) is 9.61. The van der Waals surface area contributed by atoms with E-state index >= 15 is 0 Å². The molecule has 3 nitrogen and oxygen atoms in total. The van der Waals surface area contributed by atoms with E-state index in [2.05, 4.69) is 22.1 Å². The van der Waals surface area contributed by atoms with Gasteiger partial charge in [-0.05, 0) is 12.1 Å². The zero-order valence-electron chi connectivity index (χ0n) is 10.2. The van der Waals surface area contributed by atoms with Gasteiger partial charge in [0.2, 0.25) is 5.91 Å². The van der Waals surface area contributed by atoms with Crippen LogP contribution in [-0.4, -0.2) is 17.4 Å². The second-order valence-corrected chi connectivity index (χ2v) is 3.92. The number of hydrogen-bond acceptors (Lipinski definition) is 2. The number of carbonyl (C=O) groups excluding carboxylic acids is 1. The van der Waals surface area contributed by atoms with E-state index in [1.54, 1.807) is 6.20 Å². The third kappa shape index (κ3) is 3.08. The van der Waals surface area contributed by atoms with Crippen LogP contribution in [0, 0.1) is 11.8 Å². The molecule has 2 aromatic rings. The molecular weight excluding hydrogens is 224 g/mol. The highest BCUT2D eigenvalue weighted by Crippen LogP contribution is 2.14. The topological polar surface area (TPSA) is 42.0 Å². The second kappa shape index (κ2) is 5.83. The molecule has 1 aromatic heterocycles. The van der Waals surface area contributed by atoms with Gasteiger partial charge in [0.05, 0.1) is 11.1 Å². The molecule has 90 valence electrons. The van der Waals surface area contributed by atoms with E-state index in [0.717, 1.165) is 16.5 Å². The van der Waals surface area contributed by atoms with Gasteiger partial charge in [-0.3, -0.25) is 9.78 Å². The summed E-state index contributed by atoms with van der Waals surface area (Å²) >= 11 is 0. The molecule has 1 N–H and O–H groups in total. The minimum Gasteiger partial charge on any atom is -0.355 e. The number of amides is 1. The zero-order chi connectivity index (χ0) is 12.8. The molecule has 0 spiro atoms. The average molecular weight is 238 g/mol. The van der Waals surface area contributed by atoms with Crippen LogP contribution < -0.4 is 5.32 Å². The number of benzene rings is 1. The lowest BCUT2D eigenvalue weighted by molar-refractivity contribution is -0.118. The van der Waals surface area contributed by atoms with Crippen LogP contribution in [-0.2, 0) is 4.79 Å². The molecule has 1 amide bonds. The van der Waals surface area contributed by atoms with Crippen molar-refractivity contribution in [2.45, 2.75) is 13.3 Å². The van der Waals surface area contributed by atoms with Crippen LogP contribution in [0.4, 0.5) is 0 Å². The second-order valence-electron chi connectivity index (χ2n) is 3.92. The van der Waals surface area contributed by atoms with Crippen molar-refractivity contribution in [3.05, 3.63) is 42.1 Å². The lowest BCUT2D eigenvalue weighted by Gasteiger charge is -1.98. The molecule has 3 heteroatoms. The summed E-state index contributed by atoms with van der Waals surface area (Å²) in [5, 5.41) is 3.80. The number of nitrogens with zero attached hydrogens (tertiary/aromatic N) is 1. The van der Waals surface area contributed by atoms with Crippen molar-refractivity contribution in [1.82, 2.24) is 10.3 Å². The number of carbonyl (C=O) groups is 1. The third-order valence-electron chi connectivity index (χ3n) is 2.48. The molecular formula is C15H14N2O. The molecule has 1 aromatic carbocycles. The Balaban J connectivity index is 2.12. The van der Waals surface area contributed by atoms with E-state index < -0.39 is 0 Å². The number of rotatable bonds is 2. The highest BCUT2D eigenvalue weighted by molar-refractivity contribution is 5.84. The van der Waals surface area contributed by atoms with Crippen LogP contribution in [0.3, 0.4) is 0 Å². The molecule has 2 rings (SSSR count). The van der Waals surface area contributed by atoms with Crippen LogP contribution in [0.15, 0.2) is 36.5 Å². The molecule has 0 aliphatic carbocycles. The van der Waals surface area contributed by atoms with Gasteiger partial charge in [-0.25, -0.2) is 0 Å². The predicted molar refractivity (Wildman–Crippen MR) is 71.9 cm³/mol. The maximum Gasteiger partial charge on any atom is 0.216 e. The quantitative estimate of drug-likeness (QED) is 0.643. The monoisotopic (exact) mass is 238 g/mol. The molecule has 0 atom stereocenters. The van der Waals surface area contributed by atoms with Crippen molar-refractivity contribution >= 4 is 16.8 Å². The first-order chi connectivity index (χ1) is 8.77. The van der Waals surface area contributed by atoms with E-state index in [9.17, 15) is 4.79 Å². The molecule has 0 radical (unpaired) electrons. The van der Waals surface area contributed by atoms with Crippen LogP contribution in [0.5, 0.6) is 0 Å². The number of aromatic nitrogens is 1. The van der Waals surface area contributed by atoms with Crippen LogP contribution in [0.25, 0.3) is 10.9 Å². The fraction of sp³-hybridized carbons (Fsp3) is 0.200. The summed E-state index contributed by atoms with van der Waals surface area (Å²) in [6, 6.07) is 9.88. The number of para-hydroxylation sites is 1. The van der Waals surface area contributed by atoms with Crippen molar-refractivity contribution in [1.29, 1.82) is 0 Å². The molecule has 1 heterocycles. The number of hydrogen-bond donors (Lipinski definition) is 1. The van der Waals surface area contributed by atoms with Gasteiger partial charge in [-0.1, -0.05) is 30.0 Å². The van der Waals surface area contributed by atoms with Crippen LogP contribution in [0.2, 0.25) is 0 Å². The average Bonchev–Trinajstić information content (AvgIpc) is 2.38. The third-order valence-corrected chi connectivity index (χ3v) is 2.48. The molecule has 0 fully saturated rings. The molecule has 0 aliphatic rings. The highest BCUT2D eigenvalue weighted by atomic mass is 16.1. The fourth-order valence-electron chi connectivity index (χ4n) is 1.66. The maximum absolute atomic E-state index is 10.7. The predicted octanol–water partition coefficient (Wildman–Crippen LogP) is 2.11. The molecule has 18 heavy (non-hydrogen) atoms. The van der Waals surface area contributed by atoms with E-state index in [-0.39, 0.29) is 5.91 Å². The van der Waals surface area contributed by atoms with Crippen molar-refractivity contribution in [2.24, 2.45) is 0 Å². The molecule has 0 aliphatic heterocycles. The minimum absolute atomic E-state index is 0.0244. The van der Waals surface area contributed by atoms with Gasteiger partial charge >= 0.3 is 0 Å². The number of fused-ring (bicyclic) bond motifs is 1. The van der Waals surface area contributed by atoms with E-state index in [1.807, 2.05) is 30.3 Å². The molecule has 0 bridgehead atoms. The standard InChI is InChI=1S/C15H14N2O/c1-12(18)16-10-3-2-6-13-7-4-8-14-9-5-11-17-15(13)14/h4-5,7-9,11H,3,10H2,1H3,(H,16,18).